The summed E-state index contributed by atoms with van der Waals surface area (Å²) in [7, 11) is 0. The lowest BCUT2D eigenvalue weighted by Crippen LogP contribution is -2.56. The second-order valence-corrected chi connectivity index (χ2v) is 6.21. The van der Waals surface area contributed by atoms with Gasteiger partial charge >= 0.3 is 5.97 Å². The molecule has 136 valence electrons. The molecule has 2 rings (SSSR count). The first kappa shape index (κ1) is 18.9. The Morgan fingerprint density at radius 3 is 2.56 bits per heavy atom. The number of allylic oxidation sites excluding steroid dienone is 3. The normalized spacial score (nSPS) is 27.0. The van der Waals surface area contributed by atoms with Crippen molar-refractivity contribution in [1.82, 2.24) is 10.4 Å². The minimum absolute atomic E-state index is 0.115. The van der Waals surface area contributed by atoms with E-state index in [1.54, 1.807) is 25.2 Å². The van der Waals surface area contributed by atoms with E-state index >= 15 is 0 Å². The van der Waals surface area contributed by atoms with Crippen LogP contribution in [0.15, 0.2) is 23.8 Å². The summed E-state index contributed by atoms with van der Waals surface area (Å²) in [4.78, 5) is 52.7. The molecular formula is C17H22N2O6. The van der Waals surface area contributed by atoms with Crippen molar-refractivity contribution in [3.05, 3.63) is 23.8 Å². The quantitative estimate of drug-likeness (QED) is 0.319. The van der Waals surface area contributed by atoms with Gasteiger partial charge in [-0.2, -0.15) is 0 Å². The van der Waals surface area contributed by atoms with Gasteiger partial charge in [0.25, 0.3) is 11.8 Å². The van der Waals surface area contributed by atoms with Crippen LogP contribution in [0.2, 0.25) is 0 Å². The summed E-state index contributed by atoms with van der Waals surface area (Å²) in [5, 5.41) is 12.1. The Hall–Kier alpha value is -2.48. The number of carboxylic acid groups (broad SMARTS) is 1. The molecule has 8 nitrogen and oxygen atoms in total. The Bertz CT molecular complexity index is 633. The number of carbonyl (C=O) groups is 4. The van der Waals surface area contributed by atoms with Crippen molar-refractivity contribution in [1.29, 1.82) is 0 Å². The van der Waals surface area contributed by atoms with Gasteiger partial charge in [-0.05, 0) is 33.1 Å². The molecule has 2 aliphatic rings. The standard InChI is InChI=1S/C17H22N2O6/c1-3-4-5-10(2)16(22)19(13-6-7-14(20)18-15(13)21)25-12-8-11(9-12)17(23)24/h3-5,11-13H,6-9H2,1-2H3,(H,23,24)(H,18,20,21)/b4-3-,10-5+/t11-,12+,13?. The van der Waals surface area contributed by atoms with Crippen molar-refractivity contribution in [3.63, 3.8) is 0 Å². The number of rotatable bonds is 6. The van der Waals surface area contributed by atoms with Gasteiger partial charge in [0.1, 0.15) is 6.04 Å². The van der Waals surface area contributed by atoms with E-state index in [1.165, 1.54) is 0 Å². The van der Waals surface area contributed by atoms with Gasteiger partial charge in [-0.25, -0.2) is 5.06 Å². The molecule has 0 radical (unpaired) electrons. The minimum atomic E-state index is -0.914. The van der Waals surface area contributed by atoms with Crippen LogP contribution in [0.4, 0.5) is 0 Å². The number of carbonyl (C=O) groups excluding carboxylic acids is 3. The van der Waals surface area contributed by atoms with E-state index < -0.39 is 35.8 Å². The maximum absolute atomic E-state index is 12.7. The van der Waals surface area contributed by atoms with E-state index in [4.69, 9.17) is 9.94 Å². The van der Waals surface area contributed by atoms with Gasteiger partial charge in [0.2, 0.25) is 5.91 Å². The highest BCUT2D eigenvalue weighted by Gasteiger charge is 2.42. The Morgan fingerprint density at radius 2 is 2.00 bits per heavy atom. The van der Waals surface area contributed by atoms with Crippen LogP contribution in [0.1, 0.15) is 39.5 Å². The van der Waals surface area contributed by atoms with Gasteiger partial charge in [-0.1, -0.05) is 18.2 Å². The van der Waals surface area contributed by atoms with Gasteiger partial charge in [0.05, 0.1) is 12.0 Å². The van der Waals surface area contributed by atoms with Crippen molar-refractivity contribution in [2.45, 2.75) is 51.7 Å². The number of nitrogens with zero attached hydrogens (tertiary/aromatic N) is 1. The van der Waals surface area contributed by atoms with Crippen LogP contribution in [0.5, 0.6) is 0 Å². The molecule has 3 amide bonds. The van der Waals surface area contributed by atoms with Gasteiger partial charge in [-0.15, -0.1) is 0 Å². The molecule has 0 aromatic rings. The monoisotopic (exact) mass is 350 g/mol. The molecule has 8 heteroatoms. The van der Waals surface area contributed by atoms with Crippen LogP contribution in [0.3, 0.4) is 0 Å². The van der Waals surface area contributed by atoms with E-state index in [0.717, 1.165) is 5.06 Å². The van der Waals surface area contributed by atoms with E-state index in [2.05, 4.69) is 5.32 Å². The topological polar surface area (TPSA) is 113 Å². The molecule has 2 N–H and O–H groups in total. The number of piperidine rings is 1. The van der Waals surface area contributed by atoms with Crippen LogP contribution in [-0.4, -0.2) is 46.0 Å². The third kappa shape index (κ3) is 4.54. The fourth-order valence-corrected chi connectivity index (χ4v) is 2.67. The molecule has 1 saturated carbocycles. The summed E-state index contributed by atoms with van der Waals surface area (Å²) in [6.45, 7) is 3.41. The number of hydroxylamine groups is 2. The van der Waals surface area contributed by atoms with Crippen LogP contribution >= 0.6 is 0 Å². The summed E-state index contributed by atoms with van der Waals surface area (Å²) in [6.07, 6.45) is 5.47. The average molecular weight is 350 g/mol. The number of hydrogen-bond acceptors (Lipinski definition) is 5. The molecule has 1 aliphatic carbocycles. The number of carboxylic acids is 1. The number of amides is 3. The van der Waals surface area contributed by atoms with Crippen LogP contribution in [-0.2, 0) is 24.0 Å². The SMILES string of the molecule is C/C=C\C=C(/C)C(=O)N(O[C@H]1C[C@@H](C(=O)O)C1)C1CCC(=O)NC1=O. The van der Waals surface area contributed by atoms with Crippen molar-refractivity contribution >= 4 is 23.7 Å². The molecule has 1 saturated heterocycles. The molecule has 0 aromatic carbocycles. The van der Waals surface area contributed by atoms with Gasteiger partial charge in [0, 0.05) is 12.0 Å². The molecule has 1 heterocycles. The molecule has 1 atom stereocenters. The van der Waals surface area contributed by atoms with Crippen LogP contribution < -0.4 is 5.32 Å². The van der Waals surface area contributed by atoms with Crippen molar-refractivity contribution in [3.8, 4) is 0 Å². The molecular weight excluding hydrogens is 328 g/mol. The minimum Gasteiger partial charge on any atom is -0.481 e. The van der Waals surface area contributed by atoms with Crippen molar-refractivity contribution in [2.24, 2.45) is 5.92 Å². The molecule has 1 unspecified atom stereocenters. The zero-order chi connectivity index (χ0) is 18.6. The highest BCUT2D eigenvalue weighted by atomic mass is 16.7. The lowest BCUT2D eigenvalue weighted by molar-refractivity contribution is -0.238. The van der Waals surface area contributed by atoms with E-state index in [-0.39, 0.29) is 31.6 Å². The second kappa shape index (κ2) is 8.06. The largest absolute Gasteiger partial charge is 0.481 e. The molecule has 0 aromatic heterocycles. The number of aliphatic carboxylic acids is 1. The predicted octanol–water partition coefficient (Wildman–Crippen LogP) is 0.937. The summed E-state index contributed by atoms with van der Waals surface area (Å²) in [5.41, 5.74) is 0.372. The van der Waals surface area contributed by atoms with Gasteiger partial charge < -0.3 is 5.11 Å². The molecule has 25 heavy (non-hydrogen) atoms. The fourth-order valence-electron chi connectivity index (χ4n) is 2.67. The number of hydrogen-bond donors (Lipinski definition) is 2. The van der Waals surface area contributed by atoms with E-state index in [0.29, 0.717) is 5.57 Å². The Labute approximate surface area is 145 Å². The Balaban J connectivity index is 2.14. The fraction of sp³-hybridized carbons (Fsp3) is 0.529. The van der Waals surface area contributed by atoms with Gasteiger partial charge in [0.15, 0.2) is 0 Å². The summed E-state index contributed by atoms with van der Waals surface area (Å²) >= 11 is 0. The highest BCUT2D eigenvalue weighted by Crippen LogP contribution is 2.32. The molecule has 0 spiro atoms. The first-order chi connectivity index (χ1) is 11.8. The van der Waals surface area contributed by atoms with E-state index in [1.807, 2.05) is 6.92 Å². The molecule has 0 bridgehead atoms. The number of nitrogens with one attached hydrogen (secondary N) is 1. The molecule has 1 aliphatic heterocycles. The highest BCUT2D eigenvalue weighted by molar-refractivity contribution is 6.03. The predicted molar refractivity (Wildman–Crippen MR) is 86.8 cm³/mol. The van der Waals surface area contributed by atoms with Crippen molar-refractivity contribution in [2.75, 3.05) is 0 Å². The van der Waals surface area contributed by atoms with Crippen LogP contribution in [0.25, 0.3) is 0 Å². The Kier molecular flexibility index (Phi) is 6.08. The maximum Gasteiger partial charge on any atom is 0.306 e. The summed E-state index contributed by atoms with van der Waals surface area (Å²) < 4.78 is 0. The zero-order valence-corrected chi connectivity index (χ0v) is 14.2. The third-order valence-electron chi connectivity index (χ3n) is 4.28. The molecule has 2 fully saturated rings. The maximum atomic E-state index is 12.7. The van der Waals surface area contributed by atoms with Crippen molar-refractivity contribution < 1.29 is 29.1 Å². The smallest absolute Gasteiger partial charge is 0.306 e. The second-order valence-electron chi connectivity index (χ2n) is 6.21. The summed E-state index contributed by atoms with van der Waals surface area (Å²) in [5.74, 6) is -2.85. The van der Waals surface area contributed by atoms with E-state index in [9.17, 15) is 19.2 Å². The first-order valence-electron chi connectivity index (χ1n) is 8.20. The van der Waals surface area contributed by atoms with Gasteiger partial charge in [-0.3, -0.25) is 29.3 Å². The lowest BCUT2D eigenvalue weighted by Gasteiger charge is -2.39. The average Bonchev–Trinajstić information content (AvgIpc) is 2.51. The van der Waals surface area contributed by atoms with Crippen LogP contribution in [0, 0.1) is 5.92 Å². The zero-order valence-electron chi connectivity index (χ0n) is 14.2. The summed E-state index contributed by atoms with van der Waals surface area (Å²) in [6, 6.07) is -0.914. The lowest BCUT2D eigenvalue weighted by atomic mass is 9.82. The number of imide groups is 1. The third-order valence-corrected chi connectivity index (χ3v) is 4.28. The first-order valence-corrected chi connectivity index (χ1v) is 8.20. The Morgan fingerprint density at radius 1 is 1.32 bits per heavy atom.